The standard InChI is InChI=1S/C13H18N2/c1-4-13(15(2)3)11-6-5-7-12-10(11)8-9-14-12/h5-9,13-14H,4H2,1-3H3. The van der Waals surface area contributed by atoms with Crippen LogP contribution in [0.2, 0.25) is 0 Å². The van der Waals surface area contributed by atoms with Crippen molar-refractivity contribution < 1.29 is 0 Å². The molecule has 1 atom stereocenters. The molecule has 0 radical (unpaired) electrons. The van der Waals surface area contributed by atoms with E-state index >= 15 is 0 Å². The molecule has 2 nitrogen and oxygen atoms in total. The minimum atomic E-state index is 0.504. The summed E-state index contributed by atoms with van der Waals surface area (Å²) in [6, 6.07) is 9.15. The summed E-state index contributed by atoms with van der Waals surface area (Å²) in [7, 11) is 4.28. The van der Waals surface area contributed by atoms with Gasteiger partial charge < -0.3 is 9.88 Å². The minimum Gasteiger partial charge on any atom is -0.361 e. The number of nitrogens with zero attached hydrogens (tertiary/aromatic N) is 1. The second-order valence-corrected chi connectivity index (χ2v) is 4.17. The molecule has 0 bridgehead atoms. The van der Waals surface area contributed by atoms with Crippen LogP contribution in [0.25, 0.3) is 10.9 Å². The lowest BCUT2D eigenvalue weighted by molar-refractivity contribution is 0.293. The van der Waals surface area contributed by atoms with E-state index in [0.29, 0.717) is 6.04 Å². The molecule has 0 amide bonds. The van der Waals surface area contributed by atoms with Crippen molar-refractivity contribution in [2.75, 3.05) is 14.1 Å². The van der Waals surface area contributed by atoms with E-state index in [9.17, 15) is 0 Å². The lowest BCUT2D eigenvalue weighted by Crippen LogP contribution is -2.19. The lowest BCUT2D eigenvalue weighted by Gasteiger charge is -2.24. The second-order valence-electron chi connectivity index (χ2n) is 4.17. The van der Waals surface area contributed by atoms with Crippen molar-refractivity contribution in [3.8, 4) is 0 Å². The van der Waals surface area contributed by atoms with Gasteiger partial charge in [-0.15, -0.1) is 0 Å². The Kier molecular flexibility index (Phi) is 2.78. The van der Waals surface area contributed by atoms with E-state index in [4.69, 9.17) is 0 Å². The highest BCUT2D eigenvalue weighted by atomic mass is 15.1. The molecule has 0 saturated carbocycles. The van der Waals surface area contributed by atoms with Gasteiger partial charge in [0, 0.05) is 23.1 Å². The Bertz CT molecular complexity index is 442. The van der Waals surface area contributed by atoms with Crippen molar-refractivity contribution in [2.24, 2.45) is 0 Å². The van der Waals surface area contributed by atoms with Crippen LogP contribution in [-0.4, -0.2) is 24.0 Å². The van der Waals surface area contributed by atoms with Gasteiger partial charge in [0.1, 0.15) is 0 Å². The molecule has 2 heteroatoms. The van der Waals surface area contributed by atoms with Crippen molar-refractivity contribution in [1.29, 1.82) is 0 Å². The van der Waals surface area contributed by atoms with Crippen LogP contribution in [0.4, 0.5) is 0 Å². The lowest BCUT2D eigenvalue weighted by atomic mass is 10.00. The predicted octanol–water partition coefficient (Wildman–Crippen LogP) is 3.18. The average Bonchev–Trinajstić information content (AvgIpc) is 2.66. The summed E-state index contributed by atoms with van der Waals surface area (Å²) in [6.07, 6.45) is 3.15. The van der Waals surface area contributed by atoms with E-state index < -0.39 is 0 Å². The summed E-state index contributed by atoms with van der Waals surface area (Å²) in [6.45, 7) is 2.23. The Morgan fingerprint density at radius 2 is 2.07 bits per heavy atom. The third-order valence-electron chi connectivity index (χ3n) is 3.00. The zero-order chi connectivity index (χ0) is 10.8. The molecule has 1 unspecified atom stereocenters. The third-order valence-corrected chi connectivity index (χ3v) is 3.00. The maximum atomic E-state index is 3.26. The summed E-state index contributed by atoms with van der Waals surface area (Å²) in [5.74, 6) is 0. The van der Waals surface area contributed by atoms with Crippen molar-refractivity contribution in [1.82, 2.24) is 9.88 Å². The summed E-state index contributed by atoms with van der Waals surface area (Å²) < 4.78 is 0. The molecule has 1 aromatic carbocycles. The Balaban J connectivity index is 2.54. The van der Waals surface area contributed by atoms with Crippen LogP contribution < -0.4 is 0 Å². The molecule has 2 aromatic rings. The van der Waals surface area contributed by atoms with E-state index in [2.05, 4.69) is 55.2 Å². The number of aromatic amines is 1. The van der Waals surface area contributed by atoms with E-state index in [1.807, 2.05) is 6.20 Å². The van der Waals surface area contributed by atoms with Gasteiger partial charge in [0.15, 0.2) is 0 Å². The third kappa shape index (κ3) is 1.77. The molecule has 1 aromatic heterocycles. The van der Waals surface area contributed by atoms with Gasteiger partial charge in [-0.05, 0) is 38.2 Å². The Morgan fingerprint density at radius 1 is 1.27 bits per heavy atom. The van der Waals surface area contributed by atoms with Crippen LogP contribution in [0.1, 0.15) is 24.9 Å². The van der Waals surface area contributed by atoms with Crippen LogP contribution in [0.3, 0.4) is 0 Å². The van der Waals surface area contributed by atoms with Gasteiger partial charge in [-0.1, -0.05) is 19.1 Å². The predicted molar refractivity (Wildman–Crippen MR) is 65.0 cm³/mol. The Morgan fingerprint density at radius 3 is 2.73 bits per heavy atom. The summed E-state index contributed by atoms with van der Waals surface area (Å²) in [4.78, 5) is 5.54. The van der Waals surface area contributed by atoms with Crippen molar-refractivity contribution in [3.05, 3.63) is 36.0 Å². The molecule has 0 saturated heterocycles. The zero-order valence-corrected chi connectivity index (χ0v) is 9.62. The number of hydrogen-bond donors (Lipinski definition) is 1. The Hall–Kier alpha value is -1.28. The molecule has 80 valence electrons. The van der Waals surface area contributed by atoms with Gasteiger partial charge in [-0.3, -0.25) is 0 Å². The molecule has 0 fully saturated rings. The van der Waals surface area contributed by atoms with Crippen LogP contribution in [0, 0.1) is 0 Å². The first kappa shape index (κ1) is 10.2. The Labute approximate surface area is 90.9 Å². The van der Waals surface area contributed by atoms with E-state index in [0.717, 1.165) is 6.42 Å². The van der Waals surface area contributed by atoms with Crippen molar-refractivity contribution >= 4 is 10.9 Å². The van der Waals surface area contributed by atoms with Gasteiger partial charge in [-0.25, -0.2) is 0 Å². The number of benzene rings is 1. The van der Waals surface area contributed by atoms with Crippen molar-refractivity contribution in [3.63, 3.8) is 0 Å². The van der Waals surface area contributed by atoms with Gasteiger partial charge in [0.05, 0.1) is 0 Å². The molecule has 1 heterocycles. The summed E-state index contributed by atoms with van der Waals surface area (Å²) in [5, 5.41) is 1.35. The normalized spacial score (nSPS) is 13.6. The topological polar surface area (TPSA) is 19.0 Å². The van der Waals surface area contributed by atoms with Gasteiger partial charge in [0.25, 0.3) is 0 Å². The van der Waals surface area contributed by atoms with Crippen molar-refractivity contribution in [2.45, 2.75) is 19.4 Å². The summed E-state index contributed by atoms with van der Waals surface area (Å²) in [5.41, 5.74) is 2.65. The smallest absolute Gasteiger partial charge is 0.0457 e. The van der Waals surface area contributed by atoms with Gasteiger partial charge >= 0.3 is 0 Å². The first-order valence-corrected chi connectivity index (χ1v) is 5.46. The molecule has 2 rings (SSSR count). The van der Waals surface area contributed by atoms with E-state index in [1.54, 1.807) is 0 Å². The monoisotopic (exact) mass is 202 g/mol. The maximum absolute atomic E-state index is 3.26. The van der Waals surface area contributed by atoms with Crippen LogP contribution in [0.15, 0.2) is 30.5 Å². The van der Waals surface area contributed by atoms with Crippen LogP contribution in [-0.2, 0) is 0 Å². The molecule has 0 aliphatic heterocycles. The highest BCUT2D eigenvalue weighted by molar-refractivity contribution is 5.83. The van der Waals surface area contributed by atoms with E-state index in [-0.39, 0.29) is 0 Å². The summed E-state index contributed by atoms with van der Waals surface area (Å²) >= 11 is 0. The maximum Gasteiger partial charge on any atom is 0.0457 e. The van der Waals surface area contributed by atoms with Crippen LogP contribution >= 0.6 is 0 Å². The first-order valence-electron chi connectivity index (χ1n) is 5.46. The number of fused-ring (bicyclic) bond motifs is 1. The largest absolute Gasteiger partial charge is 0.361 e. The molecule has 0 aliphatic carbocycles. The average molecular weight is 202 g/mol. The number of nitrogens with one attached hydrogen (secondary N) is 1. The zero-order valence-electron chi connectivity index (χ0n) is 9.62. The highest BCUT2D eigenvalue weighted by Gasteiger charge is 2.14. The molecule has 15 heavy (non-hydrogen) atoms. The van der Waals surface area contributed by atoms with Crippen LogP contribution in [0.5, 0.6) is 0 Å². The van der Waals surface area contributed by atoms with Gasteiger partial charge in [-0.2, -0.15) is 0 Å². The van der Waals surface area contributed by atoms with Gasteiger partial charge in [0.2, 0.25) is 0 Å². The fourth-order valence-corrected chi connectivity index (χ4v) is 2.26. The number of aromatic nitrogens is 1. The fraction of sp³-hybridized carbons (Fsp3) is 0.385. The molecule has 0 spiro atoms. The molecule has 1 N–H and O–H groups in total. The first-order chi connectivity index (χ1) is 7.24. The number of hydrogen-bond acceptors (Lipinski definition) is 1. The minimum absolute atomic E-state index is 0.504. The second kappa shape index (κ2) is 4.07. The number of H-pyrrole nitrogens is 1. The molecule has 0 aliphatic rings. The number of rotatable bonds is 3. The SMILES string of the molecule is CCC(c1cccc2[nH]ccc12)N(C)C. The molecular weight excluding hydrogens is 184 g/mol. The highest BCUT2D eigenvalue weighted by Crippen LogP contribution is 2.28. The molecular formula is C13H18N2. The fourth-order valence-electron chi connectivity index (χ4n) is 2.26. The van der Waals surface area contributed by atoms with E-state index in [1.165, 1.54) is 16.5 Å². The quantitative estimate of drug-likeness (QED) is 0.810.